The van der Waals surface area contributed by atoms with Crippen LogP contribution in [0.1, 0.15) is 0 Å². The van der Waals surface area contributed by atoms with E-state index >= 15 is 0 Å². The molecule has 0 atom stereocenters. The molecule has 0 aliphatic heterocycles. The largest absolute Gasteiger partial charge is 0.309 e. The molecule has 0 unspecified atom stereocenters. The van der Waals surface area contributed by atoms with Crippen LogP contribution < -0.4 is 0 Å². The lowest BCUT2D eigenvalue weighted by Gasteiger charge is -2.10. The van der Waals surface area contributed by atoms with Gasteiger partial charge in [-0.3, -0.25) is 4.98 Å². The minimum atomic E-state index is 0.914. The zero-order valence-electron chi connectivity index (χ0n) is 23.4. The Kier molecular flexibility index (Phi) is 6.12. The number of rotatable bonds is 5. The first kappa shape index (κ1) is 25.0. The molecule has 0 aliphatic carbocycles. The third-order valence-electron chi connectivity index (χ3n) is 8.09. The molecule has 5 aromatic carbocycles. The molecule has 0 amide bonds. The maximum atomic E-state index is 5.01. The van der Waals surface area contributed by atoms with Crippen molar-refractivity contribution in [2.45, 2.75) is 0 Å². The SMILES string of the molecule is c1ccc(-c2cccc(-c3ccc4c5ccc(-c6cccc(-c7cccnc7)n6)cc5n(-c5ccccc5)c4c3)c2)cc1. The highest BCUT2D eigenvalue weighted by Gasteiger charge is 2.15. The Labute approximate surface area is 250 Å². The molecule has 0 saturated heterocycles. The molecular weight excluding hydrogens is 522 g/mol. The van der Waals surface area contributed by atoms with E-state index in [0.29, 0.717) is 0 Å². The molecule has 202 valence electrons. The van der Waals surface area contributed by atoms with E-state index in [1.807, 2.05) is 24.4 Å². The molecule has 8 aromatic rings. The second kappa shape index (κ2) is 10.6. The van der Waals surface area contributed by atoms with Gasteiger partial charge in [0.25, 0.3) is 0 Å². The molecule has 0 fully saturated rings. The standard InChI is InChI=1S/C40H27N3/c1-3-10-28(11-4-1)29-12-7-13-30(24-29)31-19-21-35-36-22-20-32(37-17-8-18-38(42-37)33-14-9-23-41-27-33)26-40(36)43(39(35)25-31)34-15-5-2-6-16-34/h1-27H. The second-order valence-corrected chi connectivity index (χ2v) is 10.7. The monoisotopic (exact) mass is 549 g/mol. The average molecular weight is 550 g/mol. The van der Waals surface area contributed by atoms with E-state index in [9.17, 15) is 0 Å². The van der Waals surface area contributed by atoms with Crippen LogP contribution in [0.4, 0.5) is 0 Å². The van der Waals surface area contributed by atoms with Gasteiger partial charge in [0, 0.05) is 40.0 Å². The van der Waals surface area contributed by atoms with Crippen molar-refractivity contribution in [3.63, 3.8) is 0 Å². The van der Waals surface area contributed by atoms with Crippen LogP contribution in [-0.4, -0.2) is 14.5 Å². The Bertz CT molecular complexity index is 2080. The Hall–Kier alpha value is -5.80. The van der Waals surface area contributed by atoms with Crippen LogP contribution in [0.3, 0.4) is 0 Å². The van der Waals surface area contributed by atoms with E-state index in [0.717, 1.165) is 33.7 Å². The van der Waals surface area contributed by atoms with Gasteiger partial charge in [-0.15, -0.1) is 0 Å². The lowest BCUT2D eigenvalue weighted by atomic mass is 9.98. The number of benzene rings is 5. The Morgan fingerprint density at radius 2 is 0.953 bits per heavy atom. The van der Waals surface area contributed by atoms with Gasteiger partial charge in [-0.1, -0.05) is 97.1 Å². The first-order valence-electron chi connectivity index (χ1n) is 14.5. The molecule has 3 heterocycles. The van der Waals surface area contributed by atoms with Crippen molar-refractivity contribution in [1.29, 1.82) is 0 Å². The van der Waals surface area contributed by atoms with Crippen LogP contribution in [0.15, 0.2) is 164 Å². The molecule has 43 heavy (non-hydrogen) atoms. The summed E-state index contributed by atoms with van der Waals surface area (Å²) < 4.78 is 2.38. The summed E-state index contributed by atoms with van der Waals surface area (Å²) in [6, 6.07) is 53.7. The van der Waals surface area contributed by atoms with Gasteiger partial charge in [-0.2, -0.15) is 0 Å². The van der Waals surface area contributed by atoms with Crippen LogP contribution in [0, 0.1) is 0 Å². The number of aromatic nitrogens is 3. The maximum absolute atomic E-state index is 5.01. The predicted octanol–water partition coefficient (Wildman–Crippen LogP) is 10.2. The lowest BCUT2D eigenvalue weighted by molar-refractivity contribution is 1.18. The molecule has 0 N–H and O–H groups in total. The minimum absolute atomic E-state index is 0.914. The quantitative estimate of drug-likeness (QED) is 0.214. The number of hydrogen-bond acceptors (Lipinski definition) is 2. The fourth-order valence-corrected chi connectivity index (χ4v) is 5.99. The zero-order chi connectivity index (χ0) is 28.6. The molecule has 0 radical (unpaired) electrons. The molecule has 0 bridgehead atoms. The molecule has 0 spiro atoms. The summed E-state index contributed by atoms with van der Waals surface area (Å²) in [4.78, 5) is 9.29. The zero-order valence-corrected chi connectivity index (χ0v) is 23.4. The predicted molar refractivity (Wildman–Crippen MR) is 178 cm³/mol. The van der Waals surface area contributed by atoms with Gasteiger partial charge in [-0.05, 0) is 76.9 Å². The van der Waals surface area contributed by atoms with Crippen molar-refractivity contribution in [1.82, 2.24) is 14.5 Å². The van der Waals surface area contributed by atoms with Crippen molar-refractivity contribution in [3.05, 3.63) is 164 Å². The first-order valence-corrected chi connectivity index (χ1v) is 14.5. The van der Waals surface area contributed by atoms with Gasteiger partial charge >= 0.3 is 0 Å². The number of hydrogen-bond donors (Lipinski definition) is 0. The first-order chi connectivity index (χ1) is 21.3. The molecule has 8 rings (SSSR count). The van der Waals surface area contributed by atoms with Crippen molar-refractivity contribution in [2.75, 3.05) is 0 Å². The van der Waals surface area contributed by atoms with Crippen LogP contribution in [0.5, 0.6) is 0 Å². The normalized spacial score (nSPS) is 11.3. The van der Waals surface area contributed by atoms with Crippen molar-refractivity contribution < 1.29 is 0 Å². The van der Waals surface area contributed by atoms with E-state index in [1.165, 1.54) is 38.5 Å². The minimum Gasteiger partial charge on any atom is -0.309 e. The summed E-state index contributed by atoms with van der Waals surface area (Å²) in [5.74, 6) is 0. The van der Waals surface area contributed by atoms with Crippen molar-refractivity contribution >= 4 is 21.8 Å². The lowest BCUT2D eigenvalue weighted by Crippen LogP contribution is -1.94. The summed E-state index contributed by atoms with van der Waals surface area (Å²) >= 11 is 0. The number of fused-ring (bicyclic) bond motifs is 3. The summed E-state index contributed by atoms with van der Waals surface area (Å²) in [7, 11) is 0. The summed E-state index contributed by atoms with van der Waals surface area (Å²) in [5.41, 5.74) is 12.2. The van der Waals surface area contributed by atoms with Crippen LogP contribution >= 0.6 is 0 Å². The van der Waals surface area contributed by atoms with Crippen molar-refractivity contribution in [3.8, 4) is 50.5 Å². The highest BCUT2D eigenvalue weighted by molar-refractivity contribution is 6.11. The van der Waals surface area contributed by atoms with Gasteiger partial charge in [0.2, 0.25) is 0 Å². The summed E-state index contributed by atoms with van der Waals surface area (Å²) in [6.45, 7) is 0. The number of pyridine rings is 2. The topological polar surface area (TPSA) is 30.7 Å². The third-order valence-corrected chi connectivity index (χ3v) is 8.09. The molecule has 3 nitrogen and oxygen atoms in total. The Morgan fingerprint density at radius 3 is 1.67 bits per heavy atom. The molecule has 0 saturated carbocycles. The molecule has 3 heteroatoms. The highest BCUT2D eigenvalue weighted by atomic mass is 15.0. The highest BCUT2D eigenvalue weighted by Crippen LogP contribution is 2.37. The van der Waals surface area contributed by atoms with Crippen LogP contribution in [0.25, 0.3) is 72.3 Å². The summed E-state index contributed by atoms with van der Waals surface area (Å²) in [6.07, 6.45) is 3.64. The number of para-hydroxylation sites is 1. The molecular formula is C40H27N3. The van der Waals surface area contributed by atoms with E-state index in [-0.39, 0.29) is 0 Å². The second-order valence-electron chi connectivity index (χ2n) is 10.7. The van der Waals surface area contributed by atoms with Crippen LogP contribution in [-0.2, 0) is 0 Å². The van der Waals surface area contributed by atoms with Gasteiger partial charge in [-0.25, -0.2) is 4.98 Å². The number of nitrogens with zero attached hydrogens (tertiary/aromatic N) is 3. The fraction of sp³-hybridized carbons (Fsp3) is 0. The Morgan fingerprint density at radius 1 is 0.395 bits per heavy atom. The van der Waals surface area contributed by atoms with Gasteiger partial charge in [0.1, 0.15) is 0 Å². The van der Waals surface area contributed by atoms with Crippen LogP contribution in [0.2, 0.25) is 0 Å². The van der Waals surface area contributed by atoms with Crippen molar-refractivity contribution in [2.24, 2.45) is 0 Å². The smallest absolute Gasteiger partial charge is 0.0725 e. The molecule has 3 aromatic heterocycles. The van der Waals surface area contributed by atoms with Gasteiger partial charge in [0.05, 0.1) is 22.4 Å². The van der Waals surface area contributed by atoms with Gasteiger partial charge < -0.3 is 4.57 Å². The fourth-order valence-electron chi connectivity index (χ4n) is 5.99. The average Bonchev–Trinajstić information content (AvgIpc) is 3.42. The van der Waals surface area contributed by atoms with E-state index in [4.69, 9.17) is 4.98 Å². The van der Waals surface area contributed by atoms with Gasteiger partial charge in [0.15, 0.2) is 0 Å². The third kappa shape index (κ3) is 4.58. The summed E-state index contributed by atoms with van der Waals surface area (Å²) in [5, 5.41) is 2.45. The van der Waals surface area contributed by atoms with E-state index in [2.05, 4.69) is 143 Å². The Balaban J connectivity index is 1.30. The maximum Gasteiger partial charge on any atom is 0.0725 e. The van der Waals surface area contributed by atoms with E-state index < -0.39 is 0 Å². The van der Waals surface area contributed by atoms with E-state index in [1.54, 1.807) is 6.20 Å². The molecule has 0 aliphatic rings.